The van der Waals surface area contributed by atoms with Crippen molar-refractivity contribution in [1.29, 1.82) is 5.26 Å². The molecule has 1 saturated heterocycles. The third-order valence-electron chi connectivity index (χ3n) is 3.29. The Kier molecular flexibility index (Phi) is 3.17. The second-order valence-corrected chi connectivity index (χ2v) is 4.55. The number of nitrogen functional groups attached to an aromatic ring is 1. The van der Waals surface area contributed by atoms with Crippen molar-refractivity contribution in [3.05, 3.63) is 12.0 Å². The summed E-state index contributed by atoms with van der Waals surface area (Å²) in [4.78, 5) is 11.6. The first-order valence-corrected chi connectivity index (χ1v) is 6.05. The molecule has 0 saturated carbocycles. The summed E-state index contributed by atoms with van der Waals surface area (Å²) in [6.07, 6.45) is -4.28. The maximum atomic E-state index is 14.1. The SMILES string of the molecule is N#Cc1nc(N)nc2c1ncn2[C@@H]1O[C@H](CO)[C@H](O)C1F. The Balaban J connectivity index is 2.10. The van der Waals surface area contributed by atoms with Gasteiger partial charge >= 0.3 is 0 Å². The van der Waals surface area contributed by atoms with E-state index in [-0.39, 0.29) is 22.8 Å². The topological polar surface area (TPSA) is 143 Å². The highest BCUT2D eigenvalue weighted by Gasteiger charge is 2.45. The first kappa shape index (κ1) is 13.6. The molecule has 1 fully saturated rings. The molecule has 2 aromatic heterocycles. The summed E-state index contributed by atoms with van der Waals surface area (Å²) in [5.74, 6) is -0.159. The smallest absolute Gasteiger partial charge is 0.223 e. The molecular formula is C11H11FN6O3. The van der Waals surface area contributed by atoms with Gasteiger partial charge in [-0.2, -0.15) is 15.2 Å². The lowest BCUT2D eigenvalue weighted by Crippen LogP contribution is -2.30. The monoisotopic (exact) mass is 294 g/mol. The van der Waals surface area contributed by atoms with Crippen LogP contribution in [-0.4, -0.2) is 54.7 Å². The Morgan fingerprint density at radius 2 is 2.29 bits per heavy atom. The number of aromatic nitrogens is 4. The maximum Gasteiger partial charge on any atom is 0.223 e. The molecule has 0 aliphatic carbocycles. The summed E-state index contributed by atoms with van der Waals surface area (Å²) in [7, 11) is 0. The van der Waals surface area contributed by atoms with E-state index in [0.29, 0.717) is 0 Å². The minimum Gasteiger partial charge on any atom is -0.394 e. The number of rotatable bonds is 2. The third-order valence-corrected chi connectivity index (χ3v) is 3.29. The zero-order chi connectivity index (χ0) is 15.1. The molecule has 1 aliphatic heterocycles. The standard InChI is InChI=1S/C11H11FN6O3/c12-6-8(20)5(2-19)21-10(6)18-3-15-7-4(1-13)16-11(14)17-9(7)18/h3,5-6,8,10,19-20H,2H2,(H2,14,16,17)/t5-,6?,8+,10-/m1/s1. The molecule has 0 radical (unpaired) electrons. The molecule has 0 aromatic carbocycles. The number of ether oxygens (including phenoxy) is 1. The van der Waals surface area contributed by atoms with E-state index in [0.717, 1.165) is 0 Å². The normalized spacial score (nSPS) is 28.9. The number of hydrogen-bond donors (Lipinski definition) is 3. The highest BCUT2D eigenvalue weighted by Crippen LogP contribution is 2.33. The number of aliphatic hydroxyl groups excluding tert-OH is 2. The van der Waals surface area contributed by atoms with Crippen molar-refractivity contribution in [3.63, 3.8) is 0 Å². The van der Waals surface area contributed by atoms with Crippen molar-refractivity contribution in [2.24, 2.45) is 0 Å². The molecule has 4 atom stereocenters. The van der Waals surface area contributed by atoms with Crippen LogP contribution in [0.2, 0.25) is 0 Å². The number of anilines is 1. The van der Waals surface area contributed by atoms with Gasteiger partial charge in [-0.05, 0) is 0 Å². The summed E-state index contributed by atoms with van der Waals surface area (Å²) in [6.45, 7) is -0.523. The summed E-state index contributed by atoms with van der Waals surface area (Å²) in [5.41, 5.74) is 5.75. The minimum absolute atomic E-state index is 0.0380. The van der Waals surface area contributed by atoms with E-state index < -0.39 is 31.2 Å². The number of fused-ring (bicyclic) bond motifs is 1. The van der Waals surface area contributed by atoms with Crippen LogP contribution in [0.4, 0.5) is 10.3 Å². The van der Waals surface area contributed by atoms with Gasteiger partial charge in [0.05, 0.1) is 12.9 Å². The van der Waals surface area contributed by atoms with Gasteiger partial charge in [-0.25, -0.2) is 9.37 Å². The van der Waals surface area contributed by atoms with Crippen molar-refractivity contribution >= 4 is 17.1 Å². The second-order valence-electron chi connectivity index (χ2n) is 4.55. The zero-order valence-electron chi connectivity index (χ0n) is 10.6. The Hall–Kier alpha value is -2.35. The summed E-state index contributed by atoms with van der Waals surface area (Å²) < 4.78 is 20.6. The first-order valence-electron chi connectivity index (χ1n) is 6.05. The lowest BCUT2D eigenvalue weighted by molar-refractivity contribution is -0.0459. The Labute approximate surface area is 117 Å². The Morgan fingerprint density at radius 3 is 2.90 bits per heavy atom. The molecule has 4 N–H and O–H groups in total. The van der Waals surface area contributed by atoms with E-state index in [2.05, 4.69) is 15.0 Å². The number of halogens is 1. The molecule has 9 nitrogen and oxygen atoms in total. The molecular weight excluding hydrogens is 283 g/mol. The largest absolute Gasteiger partial charge is 0.394 e. The number of hydrogen-bond acceptors (Lipinski definition) is 8. The van der Waals surface area contributed by atoms with Crippen molar-refractivity contribution < 1.29 is 19.3 Å². The van der Waals surface area contributed by atoms with Crippen LogP contribution >= 0.6 is 0 Å². The fourth-order valence-corrected chi connectivity index (χ4v) is 2.28. The van der Waals surface area contributed by atoms with Crippen LogP contribution in [0.25, 0.3) is 11.2 Å². The quantitative estimate of drug-likeness (QED) is 0.631. The van der Waals surface area contributed by atoms with E-state index in [4.69, 9.17) is 20.8 Å². The molecule has 0 spiro atoms. The predicted molar refractivity (Wildman–Crippen MR) is 66.3 cm³/mol. The van der Waals surface area contributed by atoms with Crippen molar-refractivity contribution in [3.8, 4) is 6.07 Å². The number of nitriles is 1. The fourth-order valence-electron chi connectivity index (χ4n) is 2.28. The molecule has 1 aliphatic rings. The number of imidazole rings is 1. The van der Waals surface area contributed by atoms with Crippen molar-refractivity contribution in [1.82, 2.24) is 19.5 Å². The Morgan fingerprint density at radius 1 is 1.52 bits per heavy atom. The second kappa shape index (κ2) is 4.88. The number of alkyl halides is 1. The summed E-state index contributed by atoms with van der Waals surface area (Å²) >= 11 is 0. The lowest BCUT2D eigenvalue weighted by Gasteiger charge is -2.15. The maximum absolute atomic E-state index is 14.1. The molecule has 3 heterocycles. The molecule has 10 heteroatoms. The van der Waals surface area contributed by atoms with Crippen LogP contribution in [-0.2, 0) is 4.74 Å². The molecule has 110 valence electrons. The molecule has 3 rings (SSSR count). The molecule has 2 aromatic rings. The fraction of sp³-hybridized carbons (Fsp3) is 0.455. The Bertz CT molecular complexity index is 729. The van der Waals surface area contributed by atoms with Gasteiger partial charge in [-0.3, -0.25) is 4.57 Å². The first-order chi connectivity index (χ1) is 10.1. The van der Waals surface area contributed by atoms with Crippen LogP contribution in [0.1, 0.15) is 11.9 Å². The van der Waals surface area contributed by atoms with E-state index in [1.54, 1.807) is 0 Å². The van der Waals surface area contributed by atoms with Crippen LogP contribution in [0.15, 0.2) is 6.33 Å². The summed E-state index contributed by atoms with van der Waals surface area (Å²) in [5, 5.41) is 27.7. The van der Waals surface area contributed by atoms with Crippen molar-refractivity contribution in [2.45, 2.75) is 24.6 Å². The number of nitrogens with zero attached hydrogens (tertiary/aromatic N) is 5. The van der Waals surface area contributed by atoms with Gasteiger partial charge in [0.2, 0.25) is 5.95 Å². The minimum atomic E-state index is -1.78. The number of aliphatic hydroxyl groups is 2. The van der Waals surface area contributed by atoms with E-state index >= 15 is 0 Å². The van der Waals surface area contributed by atoms with Crippen LogP contribution < -0.4 is 5.73 Å². The summed E-state index contributed by atoms with van der Waals surface area (Å²) in [6, 6.07) is 1.82. The average Bonchev–Trinajstić information content (AvgIpc) is 3.01. The van der Waals surface area contributed by atoms with Gasteiger partial charge in [0.1, 0.15) is 23.8 Å². The highest BCUT2D eigenvalue weighted by molar-refractivity contribution is 5.77. The van der Waals surface area contributed by atoms with E-state index in [9.17, 15) is 9.50 Å². The van der Waals surface area contributed by atoms with Crippen molar-refractivity contribution in [2.75, 3.05) is 12.3 Å². The third kappa shape index (κ3) is 1.99. The van der Waals surface area contributed by atoms with Gasteiger partial charge in [-0.15, -0.1) is 0 Å². The number of nitrogens with two attached hydrogens (primary N) is 1. The predicted octanol–water partition coefficient (Wildman–Crippen LogP) is -1.13. The zero-order valence-corrected chi connectivity index (χ0v) is 10.6. The highest BCUT2D eigenvalue weighted by atomic mass is 19.1. The lowest BCUT2D eigenvalue weighted by atomic mass is 10.1. The molecule has 21 heavy (non-hydrogen) atoms. The van der Waals surface area contributed by atoms with Gasteiger partial charge in [0.25, 0.3) is 0 Å². The van der Waals surface area contributed by atoms with Crippen LogP contribution in [0.5, 0.6) is 0 Å². The molecule has 0 bridgehead atoms. The van der Waals surface area contributed by atoms with Crippen LogP contribution in [0.3, 0.4) is 0 Å². The van der Waals surface area contributed by atoms with Crippen LogP contribution in [0, 0.1) is 11.3 Å². The van der Waals surface area contributed by atoms with Gasteiger partial charge in [0, 0.05) is 0 Å². The molecule has 0 amide bonds. The van der Waals surface area contributed by atoms with E-state index in [1.807, 2.05) is 6.07 Å². The van der Waals surface area contributed by atoms with E-state index in [1.165, 1.54) is 10.9 Å². The van der Waals surface area contributed by atoms with Gasteiger partial charge < -0.3 is 20.7 Å². The van der Waals surface area contributed by atoms with Gasteiger partial charge in [-0.1, -0.05) is 0 Å². The average molecular weight is 294 g/mol. The van der Waals surface area contributed by atoms with Gasteiger partial charge in [0.15, 0.2) is 23.7 Å². The molecule has 1 unspecified atom stereocenters.